The topological polar surface area (TPSA) is 454 Å². The molecular formula is C93H86Br5Cl12N17O16. The van der Waals surface area contributed by atoms with Crippen LogP contribution in [0, 0.1) is 5.92 Å². The van der Waals surface area contributed by atoms with Crippen molar-refractivity contribution in [3.8, 4) is 46.0 Å². The van der Waals surface area contributed by atoms with Crippen LogP contribution >= 0.6 is 223 Å². The number of aryl methyl sites for hydroxylation is 4. The predicted molar refractivity (Wildman–Crippen MR) is 593 cm³/mol. The van der Waals surface area contributed by atoms with E-state index in [1.165, 1.54) is 155 Å². The summed E-state index contributed by atoms with van der Waals surface area (Å²) in [5.74, 6) is -0.444. The van der Waals surface area contributed by atoms with Crippen LogP contribution in [-0.4, -0.2) is 127 Å². The zero-order valence-electron chi connectivity index (χ0n) is 75.7. The van der Waals surface area contributed by atoms with Gasteiger partial charge in [0.05, 0.1) is 166 Å². The standard InChI is InChI=1S/C14H10ClN3O2.C12H11BrCl2N2O2.C12H12Cl2N2O2.C12H10Cl2N2O2.C12H11ClN2O2.C11H11ClN2O2.C10H8Cl2N2O2.C10H9ClN2O2.4BrH/c15-10-4-5-11(19)13-12(10)14(20)18(8-17-13)7-9-3-1-2-6-16-9;1-6(13)2-3-17-5-16-10-9(12(17)19)7(14)4-8(15)11(10)18;1-3-6(2)16-5-15-10-9(12(16)18)7(13)4-8(14)11(10)17;1-2-3-4-16-6-15-10-9(12(16)18)7(13)5-8(14)11(10)17;13-8-3-4-9(16)11-10(8)12(17)15(6-14-11)5-7-1-2-7;1-2-5-14-6-13-10-8(15)4-3-7(12)9(10)11(14)16;1-2-14-4-13-8-7(10(14)16)5(11)3-6(12)9(8)15;1-2-13-5-12-9-7(14)4-3-6(11)8(9)10(13)15;;;;/h1-6,8,19H,7H2;4-6,18H,2-3H2,1H3;4-6,17H,3H2,1-2H3;2-3,5-6,17H,4H2,1H3;3-4,6-7,16H,1-2,5H2;3-4,6,15H,2,5H2,1H3;3-4,15H,2H2,1H3;3-5,14H,2H2,1H3;4*1H/b;;;3-2+;;;;;;;;. The van der Waals surface area contributed by atoms with Gasteiger partial charge in [0.1, 0.15) is 67.1 Å². The van der Waals surface area contributed by atoms with Gasteiger partial charge in [-0.3, -0.25) is 79.9 Å². The van der Waals surface area contributed by atoms with Gasteiger partial charge in [-0.05, 0) is 151 Å². The lowest BCUT2D eigenvalue weighted by Gasteiger charge is -2.13. The molecule has 143 heavy (non-hydrogen) atoms. The molecule has 17 aromatic rings. The third kappa shape index (κ3) is 27.9. The molecule has 33 nitrogen and oxygen atoms in total. The minimum absolute atomic E-state index is 0. The molecule has 8 N–H and O–H groups in total. The molecule has 2 atom stereocenters. The van der Waals surface area contributed by atoms with E-state index in [0.29, 0.717) is 77.0 Å². The summed E-state index contributed by atoms with van der Waals surface area (Å²) in [5.41, 5.74) is 0.161. The van der Waals surface area contributed by atoms with Crippen LogP contribution < -0.4 is 44.5 Å². The highest BCUT2D eigenvalue weighted by Crippen LogP contribution is 2.40. The van der Waals surface area contributed by atoms with Crippen molar-refractivity contribution in [3.05, 3.63) is 309 Å². The number of aromatic hydroxyl groups is 8. The Morgan fingerprint density at radius 1 is 0.357 bits per heavy atom. The maximum Gasteiger partial charge on any atom is 0.263 e. The minimum Gasteiger partial charge on any atom is -0.506 e. The van der Waals surface area contributed by atoms with Crippen LogP contribution in [0.2, 0.25) is 60.3 Å². The first-order valence-electron chi connectivity index (χ1n) is 42.0. The Labute approximate surface area is 921 Å². The number of halogens is 17. The SMILES string of the molecule is Br.Br.Br.Br.C/C=C/Cn1cnc2c(O)c(Cl)cc(Cl)c2c1=O.CC(Br)CCn1cnc2c(O)c(Cl)cc(Cl)c2c1=O.CCC(C)n1cnc2c(O)c(Cl)cc(Cl)c2c1=O.CCCn1cnc2c(O)ccc(Cl)c2c1=O.CCn1cnc2c(O)c(Cl)cc(Cl)c2c1=O.CCn1cnc2c(O)ccc(Cl)c2c1=O.O=c1c2c(Cl)ccc(O)c2ncn1CC1CC1.O=c1c2c(Cl)ccc(O)c2ncn1Cc1ccccn1. The van der Waals surface area contributed by atoms with Gasteiger partial charge < -0.3 is 40.9 Å². The van der Waals surface area contributed by atoms with E-state index in [1.807, 2.05) is 72.8 Å². The molecule has 0 radical (unpaired) electrons. The van der Waals surface area contributed by atoms with Crippen molar-refractivity contribution < 1.29 is 40.9 Å². The summed E-state index contributed by atoms with van der Waals surface area (Å²) in [6, 6.07) is 22.6. The van der Waals surface area contributed by atoms with Gasteiger partial charge in [0.2, 0.25) is 0 Å². The Bertz CT molecular complexity index is 8150. The molecule has 1 saturated carbocycles. The first-order valence-corrected chi connectivity index (χ1v) is 47.5. The second kappa shape index (κ2) is 53.9. The highest BCUT2D eigenvalue weighted by molar-refractivity contribution is 9.09. The number of nitrogens with zero attached hydrogens (tertiary/aromatic N) is 17. The Morgan fingerprint density at radius 2 is 0.657 bits per heavy atom. The summed E-state index contributed by atoms with van der Waals surface area (Å²) >= 11 is 74.3. The third-order valence-corrected chi connectivity index (χ3v) is 25.3. The molecule has 1 fully saturated rings. The number of pyridine rings is 1. The van der Waals surface area contributed by atoms with Gasteiger partial charge in [-0.25, -0.2) is 39.9 Å². The number of allylic oxidation sites excluding steroid dienone is 2. The second-order valence-corrected chi connectivity index (χ2v) is 37.1. The molecule has 0 saturated heterocycles. The van der Waals surface area contributed by atoms with E-state index in [4.69, 9.17) is 139 Å². The number of hydrogen-bond acceptors (Lipinski definition) is 25. The van der Waals surface area contributed by atoms with Crippen molar-refractivity contribution >= 4 is 310 Å². The van der Waals surface area contributed by atoms with Crippen LogP contribution in [0.1, 0.15) is 92.3 Å². The van der Waals surface area contributed by atoms with Crippen LogP contribution in [0.3, 0.4) is 0 Å². The molecule has 0 spiro atoms. The van der Waals surface area contributed by atoms with Gasteiger partial charge in [0, 0.05) is 56.3 Å². The number of hydrogen-bond donors (Lipinski definition) is 8. The molecule has 1 aliphatic rings. The molecule has 9 aromatic heterocycles. The van der Waals surface area contributed by atoms with Gasteiger partial charge in [-0.1, -0.05) is 194 Å². The molecule has 50 heteroatoms. The lowest BCUT2D eigenvalue weighted by molar-refractivity contribution is 0.478. The predicted octanol–water partition coefficient (Wildman–Crippen LogP) is 23.0. The average Bonchev–Trinajstić information content (AvgIpc) is 1.09. The monoisotopic (exact) mass is 2510 g/mol. The van der Waals surface area contributed by atoms with Gasteiger partial charge in [0.25, 0.3) is 44.5 Å². The maximum absolute atomic E-state index is 12.4. The first kappa shape index (κ1) is 120. The lowest BCUT2D eigenvalue weighted by atomic mass is 10.2. The number of rotatable bonds is 15. The number of aromatic nitrogens is 17. The molecule has 1 aliphatic carbocycles. The zero-order valence-corrected chi connectivity index (χ0v) is 93.2. The summed E-state index contributed by atoms with van der Waals surface area (Å²) in [5, 5.41) is 81.6. The summed E-state index contributed by atoms with van der Waals surface area (Å²) in [4.78, 5) is 134. The minimum atomic E-state index is -0.310. The number of phenolic OH excluding ortho intramolecular Hbond substituents is 8. The van der Waals surface area contributed by atoms with Gasteiger partial charge in [-0.2, -0.15) is 0 Å². The molecule has 758 valence electrons. The molecular weight excluding hydrogens is 2440 g/mol. The fraction of sp³-hybridized carbons (Fsp3) is 0.237. The molecule has 0 aliphatic heterocycles. The van der Waals surface area contributed by atoms with Crippen LogP contribution in [0.5, 0.6) is 46.0 Å². The highest BCUT2D eigenvalue weighted by atomic mass is 79.9. The van der Waals surface area contributed by atoms with Crippen LogP contribution in [0.25, 0.3) is 87.2 Å². The van der Waals surface area contributed by atoms with Crippen LogP contribution in [-0.2, 0) is 45.8 Å². The van der Waals surface area contributed by atoms with E-state index in [9.17, 15) is 79.2 Å². The first-order chi connectivity index (χ1) is 66.1. The van der Waals surface area contributed by atoms with Crippen LogP contribution in [0.4, 0.5) is 0 Å². The largest absolute Gasteiger partial charge is 0.506 e. The molecule has 8 aromatic carbocycles. The second-order valence-electron chi connectivity index (χ2n) is 30.7. The van der Waals surface area contributed by atoms with Gasteiger partial charge in [-0.15, -0.1) is 67.9 Å². The summed E-state index contributed by atoms with van der Waals surface area (Å²) in [6.45, 7) is 16.9. The fourth-order valence-electron chi connectivity index (χ4n) is 13.5. The van der Waals surface area contributed by atoms with E-state index in [0.717, 1.165) is 37.8 Å². The summed E-state index contributed by atoms with van der Waals surface area (Å²) in [6.07, 6.45) is 21.3. The van der Waals surface area contributed by atoms with E-state index < -0.39 is 0 Å². The van der Waals surface area contributed by atoms with E-state index in [-0.39, 0.29) is 291 Å². The number of phenols is 8. The quantitative estimate of drug-likeness (QED) is 0.0349. The smallest absolute Gasteiger partial charge is 0.263 e. The molecule has 0 amide bonds. The van der Waals surface area contributed by atoms with Crippen molar-refractivity contribution in [1.29, 1.82) is 0 Å². The third-order valence-electron chi connectivity index (χ3n) is 21.2. The Balaban J connectivity index is 0.000000221. The average molecular weight is 2520 g/mol. The molecule has 18 rings (SSSR count). The summed E-state index contributed by atoms with van der Waals surface area (Å²) in [7, 11) is 0. The fourth-order valence-corrected chi connectivity index (χ4v) is 16.8. The molecule has 2 unspecified atom stereocenters. The van der Waals surface area contributed by atoms with E-state index in [1.54, 1.807) is 16.8 Å². The number of alkyl halides is 1. The summed E-state index contributed by atoms with van der Waals surface area (Å²) < 4.78 is 11.7. The Morgan fingerprint density at radius 3 is 0.993 bits per heavy atom. The molecule has 9 heterocycles. The van der Waals surface area contributed by atoms with E-state index >= 15 is 0 Å². The normalized spacial score (nSPS) is 11.7. The van der Waals surface area contributed by atoms with Gasteiger partial charge in [0.15, 0.2) is 23.0 Å². The van der Waals surface area contributed by atoms with Gasteiger partial charge >= 0.3 is 0 Å². The van der Waals surface area contributed by atoms with Crippen LogP contribution in [0.15, 0.2) is 198 Å². The number of benzene rings is 8. The lowest BCUT2D eigenvalue weighted by Crippen LogP contribution is -2.23. The van der Waals surface area contributed by atoms with Crippen molar-refractivity contribution in [2.45, 2.75) is 137 Å². The highest BCUT2D eigenvalue weighted by Gasteiger charge is 2.26. The van der Waals surface area contributed by atoms with E-state index in [2.05, 4.69) is 60.8 Å². The Hall–Kier alpha value is -9.95. The van der Waals surface area contributed by atoms with Crippen molar-refractivity contribution in [3.63, 3.8) is 0 Å². The van der Waals surface area contributed by atoms with Crippen molar-refractivity contribution in [2.75, 3.05) is 0 Å². The maximum atomic E-state index is 12.4. The van der Waals surface area contributed by atoms with Crippen molar-refractivity contribution in [1.82, 2.24) is 81.4 Å². The van der Waals surface area contributed by atoms with Crippen molar-refractivity contribution in [2.24, 2.45) is 5.92 Å². The number of fused-ring (bicyclic) bond motifs is 8. The molecule has 0 bridgehead atoms. The zero-order chi connectivity index (χ0) is 102. The Kier molecular flexibility index (Phi) is 45.3.